The highest BCUT2D eigenvalue weighted by Gasteiger charge is 2.37. The van der Waals surface area contributed by atoms with E-state index in [0.29, 0.717) is 6.54 Å². The minimum Gasteiger partial charge on any atom is -0.497 e. The molecule has 4 heteroatoms. The average Bonchev–Trinajstić information content (AvgIpc) is 2.45. The first-order valence-corrected chi connectivity index (χ1v) is 7.22. The monoisotopic (exact) mass is 276 g/mol. The molecule has 20 heavy (non-hydrogen) atoms. The Bertz CT molecular complexity index is 454. The van der Waals surface area contributed by atoms with Gasteiger partial charge in [-0.2, -0.15) is 0 Å². The highest BCUT2D eigenvalue weighted by atomic mass is 16.5. The zero-order valence-corrected chi connectivity index (χ0v) is 12.3. The first kappa shape index (κ1) is 14.9. The fourth-order valence-corrected chi connectivity index (χ4v) is 2.84. The van der Waals surface area contributed by atoms with Gasteiger partial charge in [-0.15, -0.1) is 0 Å². The van der Waals surface area contributed by atoms with Crippen molar-refractivity contribution in [3.05, 3.63) is 29.8 Å². The number of hydrogen-bond acceptors (Lipinski definition) is 3. The zero-order chi connectivity index (χ0) is 14.6. The molecule has 1 fully saturated rings. The number of carbonyl (C=O) groups is 1. The quantitative estimate of drug-likeness (QED) is 0.886. The van der Waals surface area contributed by atoms with Crippen LogP contribution in [0, 0.1) is 5.92 Å². The zero-order valence-electron chi connectivity index (χ0n) is 12.3. The Morgan fingerprint density at radius 2 is 2.10 bits per heavy atom. The molecule has 0 spiro atoms. The maximum absolute atomic E-state index is 12.3. The number of nitrogens with one attached hydrogen (secondary N) is 1. The number of hydrogen-bond donors (Lipinski definition) is 2. The molecule has 2 rings (SSSR count). The third-order valence-corrected chi connectivity index (χ3v) is 4.20. The standard InChI is InChI=1S/C16H24N2O2/c1-16(17)10-4-3-5-14(16)15(19)18-11-12-6-8-13(20-2)9-7-12/h6-9,14H,3-5,10-11,17H2,1-2H3,(H,18,19). The van der Waals surface area contributed by atoms with Gasteiger partial charge in [0.05, 0.1) is 13.0 Å². The van der Waals surface area contributed by atoms with Gasteiger partial charge in [-0.25, -0.2) is 0 Å². The minimum atomic E-state index is -0.373. The van der Waals surface area contributed by atoms with Crippen LogP contribution in [0.4, 0.5) is 0 Å². The van der Waals surface area contributed by atoms with E-state index in [1.54, 1.807) is 7.11 Å². The average molecular weight is 276 g/mol. The summed E-state index contributed by atoms with van der Waals surface area (Å²) in [7, 11) is 1.64. The lowest BCUT2D eigenvalue weighted by atomic mass is 9.74. The molecular formula is C16H24N2O2. The van der Waals surface area contributed by atoms with Gasteiger partial charge in [0.15, 0.2) is 0 Å². The largest absolute Gasteiger partial charge is 0.497 e. The van der Waals surface area contributed by atoms with E-state index in [4.69, 9.17) is 10.5 Å². The maximum atomic E-state index is 12.3. The van der Waals surface area contributed by atoms with Crippen molar-refractivity contribution in [2.45, 2.75) is 44.7 Å². The van der Waals surface area contributed by atoms with E-state index >= 15 is 0 Å². The summed E-state index contributed by atoms with van der Waals surface area (Å²) >= 11 is 0. The van der Waals surface area contributed by atoms with Crippen LogP contribution in [0.2, 0.25) is 0 Å². The third kappa shape index (κ3) is 3.51. The number of nitrogens with two attached hydrogens (primary N) is 1. The fourth-order valence-electron chi connectivity index (χ4n) is 2.84. The van der Waals surface area contributed by atoms with Crippen LogP contribution in [-0.4, -0.2) is 18.6 Å². The summed E-state index contributed by atoms with van der Waals surface area (Å²) in [6.45, 7) is 2.53. The normalized spacial score (nSPS) is 26.1. The molecule has 3 N–H and O–H groups in total. The SMILES string of the molecule is COc1ccc(CNC(=O)C2CCCCC2(C)N)cc1. The molecule has 4 nitrogen and oxygen atoms in total. The molecule has 110 valence electrons. The van der Waals surface area contributed by atoms with Crippen LogP contribution in [0.15, 0.2) is 24.3 Å². The molecule has 1 aromatic carbocycles. The molecule has 1 aliphatic rings. The summed E-state index contributed by atoms with van der Waals surface area (Å²) in [6, 6.07) is 7.72. The third-order valence-electron chi connectivity index (χ3n) is 4.20. The van der Waals surface area contributed by atoms with Gasteiger partial charge in [0.25, 0.3) is 0 Å². The van der Waals surface area contributed by atoms with Gasteiger partial charge < -0.3 is 15.8 Å². The van der Waals surface area contributed by atoms with Crippen LogP contribution in [0.25, 0.3) is 0 Å². The molecule has 0 heterocycles. The molecular weight excluding hydrogens is 252 g/mol. The highest BCUT2D eigenvalue weighted by Crippen LogP contribution is 2.31. The molecule has 0 bridgehead atoms. The Hall–Kier alpha value is -1.55. The Labute approximate surface area is 120 Å². The van der Waals surface area contributed by atoms with Crippen LogP contribution in [0.3, 0.4) is 0 Å². The second-order valence-corrected chi connectivity index (χ2v) is 5.87. The van der Waals surface area contributed by atoms with E-state index in [9.17, 15) is 4.79 Å². The number of benzene rings is 1. The maximum Gasteiger partial charge on any atom is 0.225 e. The topological polar surface area (TPSA) is 64.3 Å². The first-order chi connectivity index (χ1) is 9.53. The van der Waals surface area contributed by atoms with Gasteiger partial charge in [-0.05, 0) is 37.5 Å². The Balaban J connectivity index is 1.90. The van der Waals surface area contributed by atoms with Crippen molar-refractivity contribution in [2.24, 2.45) is 11.7 Å². The molecule has 2 unspecified atom stereocenters. The minimum absolute atomic E-state index is 0.0745. The predicted octanol–water partition coefficient (Wildman–Crippen LogP) is 2.22. The van der Waals surface area contributed by atoms with Gasteiger partial charge in [0, 0.05) is 12.1 Å². The summed E-state index contributed by atoms with van der Waals surface area (Å²) in [5.74, 6) is 0.821. The van der Waals surface area contributed by atoms with Crippen molar-refractivity contribution in [3.63, 3.8) is 0 Å². The number of methoxy groups -OCH3 is 1. The molecule has 1 aliphatic carbocycles. The summed E-state index contributed by atoms with van der Waals surface area (Å²) in [5.41, 5.74) is 6.94. The van der Waals surface area contributed by atoms with Crippen LogP contribution in [-0.2, 0) is 11.3 Å². The van der Waals surface area contributed by atoms with Gasteiger partial charge in [0.2, 0.25) is 5.91 Å². The Morgan fingerprint density at radius 1 is 1.40 bits per heavy atom. The predicted molar refractivity (Wildman–Crippen MR) is 79.4 cm³/mol. The smallest absolute Gasteiger partial charge is 0.225 e. The molecule has 0 aromatic heterocycles. The number of rotatable bonds is 4. The van der Waals surface area contributed by atoms with Gasteiger partial charge in [0.1, 0.15) is 5.75 Å². The molecule has 0 aliphatic heterocycles. The van der Waals surface area contributed by atoms with E-state index in [1.165, 1.54) is 0 Å². The number of ether oxygens (including phenoxy) is 1. The van der Waals surface area contributed by atoms with E-state index < -0.39 is 0 Å². The lowest BCUT2D eigenvalue weighted by Crippen LogP contribution is -2.52. The molecule has 2 atom stereocenters. The van der Waals surface area contributed by atoms with E-state index in [0.717, 1.165) is 37.0 Å². The first-order valence-electron chi connectivity index (χ1n) is 7.22. The van der Waals surface area contributed by atoms with Crippen LogP contribution in [0.5, 0.6) is 5.75 Å². The van der Waals surface area contributed by atoms with Crippen molar-refractivity contribution in [1.82, 2.24) is 5.32 Å². The number of carbonyl (C=O) groups excluding carboxylic acids is 1. The summed E-state index contributed by atoms with van der Waals surface area (Å²) in [4.78, 5) is 12.3. The van der Waals surface area contributed by atoms with Crippen molar-refractivity contribution >= 4 is 5.91 Å². The molecule has 0 radical (unpaired) electrons. The van der Waals surface area contributed by atoms with Crippen LogP contribution >= 0.6 is 0 Å². The van der Waals surface area contributed by atoms with Gasteiger partial charge in [-0.3, -0.25) is 4.79 Å². The fraction of sp³-hybridized carbons (Fsp3) is 0.562. The van der Waals surface area contributed by atoms with E-state index in [-0.39, 0.29) is 17.4 Å². The lowest BCUT2D eigenvalue weighted by molar-refractivity contribution is -0.128. The van der Waals surface area contributed by atoms with E-state index in [2.05, 4.69) is 5.32 Å². The van der Waals surface area contributed by atoms with Crippen molar-refractivity contribution in [2.75, 3.05) is 7.11 Å². The van der Waals surface area contributed by atoms with Gasteiger partial charge in [-0.1, -0.05) is 25.0 Å². The second-order valence-electron chi connectivity index (χ2n) is 5.87. The summed E-state index contributed by atoms with van der Waals surface area (Å²) < 4.78 is 5.11. The summed E-state index contributed by atoms with van der Waals surface area (Å²) in [5, 5.41) is 3.00. The Kier molecular flexibility index (Phi) is 4.65. The van der Waals surface area contributed by atoms with Crippen LogP contribution < -0.4 is 15.8 Å². The molecule has 1 saturated carbocycles. The summed E-state index contributed by atoms with van der Waals surface area (Å²) in [6.07, 6.45) is 4.03. The molecule has 1 aromatic rings. The number of amides is 1. The van der Waals surface area contributed by atoms with Crippen LogP contribution in [0.1, 0.15) is 38.2 Å². The lowest BCUT2D eigenvalue weighted by Gasteiger charge is -2.37. The van der Waals surface area contributed by atoms with Crippen molar-refractivity contribution in [3.8, 4) is 5.75 Å². The highest BCUT2D eigenvalue weighted by molar-refractivity contribution is 5.80. The molecule has 1 amide bonds. The second kappa shape index (κ2) is 6.27. The van der Waals surface area contributed by atoms with E-state index in [1.807, 2.05) is 31.2 Å². The Morgan fingerprint density at radius 3 is 2.70 bits per heavy atom. The van der Waals surface area contributed by atoms with Crippen molar-refractivity contribution in [1.29, 1.82) is 0 Å². The van der Waals surface area contributed by atoms with Crippen molar-refractivity contribution < 1.29 is 9.53 Å². The van der Waals surface area contributed by atoms with Gasteiger partial charge >= 0.3 is 0 Å². The molecule has 0 saturated heterocycles.